The molecule has 1 aliphatic rings. The topological polar surface area (TPSA) is 80.3 Å². The van der Waals surface area contributed by atoms with Crippen LogP contribution in [0.2, 0.25) is 0 Å². The second-order valence-electron chi connectivity index (χ2n) is 6.74. The van der Waals surface area contributed by atoms with Gasteiger partial charge in [0.2, 0.25) is 0 Å². The number of hydrogen-bond acceptors (Lipinski definition) is 5. The zero-order valence-corrected chi connectivity index (χ0v) is 15.4. The Hall–Kier alpha value is -3.14. The van der Waals surface area contributed by atoms with Crippen molar-refractivity contribution >= 4 is 0 Å². The molecule has 0 bridgehead atoms. The van der Waals surface area contributed by atoms with Crippen LogP contribution in [0.3, 0.4) is 0 Å². The average Bonchev–Trinajstić information content (AvgIpc) is 3.19. The maximum Gasteiger partial charge on any atom is 0.173 e. The van der Waals surface area contributed by atoms with Gasteiger partial charge in [0.15, 0.2) is 5.75 Å². The minimum atomic E-state index is -0.105. The minimum Gasteiger partial charge on any atom is -0.453 e. The fraction of sp³-hybridized carbons (Fsp3) is 0.273. The molecule has 3 aromatic rings. The van der Waals surface area contributed by atoms with Crippen LogP contribution in [0.1, 0.15) is 36.6 Å². The van der Waals surface area contributed by atoms with Gasteiger partial charge in [-0.15, -0.1) is 0 Å². The lowest BCUT2D eigenvalue weighted by Crippen LogP contribution is -2.18. The molecule has 0 aliphatic carbocycles. The largest absolute Gasteiger partial charge is 0.453 e. The lowest BCUT2D eigenvalue weighted by atomic mass is 10.1. The first kappa shape index (κ1) is 18.2. The van der Waals surface area contributed by atoms with E-state index in [-0.39, 0.29) is 12.8 Å². The summed E-state index contributed by atoms with van der Waals surface area (Å²) in [5.41, 5.74) is 2.94. The number of aliphatic hydroxyl groups excluding tert-OH is 1. The lowest BCUT2D eigenvalue weighted by Gasteiger charge is -2.22. The summed E-state index contributed by atoms with van der Waals surface area (Å²) in [6, 6.07) is 16.7. The fourth-order valence-electron chi connectivity index (χ4n) is 3.27. The highest BCUT2D eigenvalue weighted by atomic mass is 16.5. The Morgan fingerprint density at radius 2 is 2.07 bits per heavy atom. The van der Waals surface area contributed by atoms with Crippen molar-refractivity contribution in [3.63, 3.8) is 0 Å². The van der Waals surface area contributed by atoms with E-state index in [1.807, 2.05) is 35.1 Å². The molecule has 1 aliphatic heterocycles. The van der Waals surface area contributed by atoms with Gasteiger partial charge in [0.05, 0.1) is 24.4 Å². The van der Waals surface area contributed by atoms with Gasteiger partial charge in [0.1, 0.15) is 17.7 Å². The van der Waals surface area contributed by atoms with Gasteiger partial charge in [0, 0.05) is 12.2 Å². The van der Waals surface area contributed by atoms with Crippen molar-refractivity contribution < 1.29 is 14.6 Å². The molecule has 2 aromatic carbocycles. The quantitative estimate of drug-likeness (QED) is 0.715. The average molecular weight is 375 g/mol. The molecule has 4 rings (SSSR count). The Morgan fingerprint density at radius 1 is 1.21 bits per heavy atom. The zero-order chi connectivity index (χ0) is 19.3. The monoisotopic (exact) mass is 375 g/mol. The summed E-state index contributed by atoms with van der Waals surface area (Å²) in [7, 11) is 0. The highest BCUT2D eigenvalue weighted by Gasteiger charge is 2.21. The molecule has 1 fully saturated rings. The molecule has 142 valence electrons. The lowest BCUT2D eigenvalue weighted by molar-refractivity contribution is -0.0394. The summed E-state index contributed by atoms with van der Waals surface area (Å²) in [5.74, 6) is 1.23. The molecule has 1 atom stereocenters. The van der Waals surface area contributed by atoms with Crippen LogP contribution in [-0.4, -0.2) is 21.5 Å². The van der Waals surface area contributed by atoms with Gasteiger partial charge in [-0.25, -0.2) is 4.68 Å². The standard InChI is InChI=1S/C22H21N3O3/c23-13-16-7-9-19(10-8-16)28-20-14-25(21-6-1-2-11-27-21)24-22(20)18-5-3-4-17(12-18)15-26/h3-5,7-10,12,14,21,26H,1-2,6,11,15H2/t21-/m1/s1. The van der Waals surface area contributed by atoms with Crippen molar-refractivity contribution in [1.29, 1.82) is 5.26 Å². The number of rotatable bonds is 5. The van der Waals surface area contributed by atoms with E-state index in [4.69, 9.17) is 19.8 Å². The Labute approximate surface area is 163 Å². The van der Waals surface area contributed by atoms with Gasteiger partial charge < -0.3 is 14.6 Å². The minimum absolute atomic E-state index is 0.0356. The van der Waals surface area contributed by atoms with E-state index in [2.05, 4.69) is 6.07 Å². The molecule has 2 heterocycles. The summed E-state index contributed by atoms with van der Waals surface area (Å²) in [6.45, 7) is 0.692. The van der Waals surface area contributed by atoms with E-state index < -0.39 is 0 Å². The molecular formula is C22H21N3O3. The van der Waals surface area contributed by atoms with Gasteiger partial charge in [-0.3, -0.25) is 0 Å². The molecule has 6 heteroatoms. The zero-order valence-electron chi connectivity index (χ0n) is 15.4. The van der Waals surface area contributed by atoms with Gasteiger partial charge in [-0.05, 0) is 55.2 Å². The highest BCUT2D eigenvalue weighted by molar-refractivity contribution is 5.67. The molecule has 0 spiro atoms. The Morgan fingerprint density at radius 3 is 2.79 bits per heavy atom. The first-order chi connectivity index (χ1) is 13.8. The molecule has 1 saturated heterocycles. The van der Waals surface area contributed by atoms with Crippen LogP contribution in [0, 0.1) is 11.3 Å². The van der Waals surface area contributed by atoms with Crippen molar-refractivity contribution in [3.05, 3.63) is 65.9 Å². The van der Waals surface area contributed by atoms with Crippen molar-refractivity contribution in [2.24, 2.45) is 0 Å². The number of nitriles is 1. The summed E-state index contributed by atoms with van der Waals surface area (Å²) in [5, 5.41) is 23.2. The van der Waals surface area contributed by atoms with Gasteiger partial charge in [-0.2, -0.15) is 10.4 Å². The molecule has 0 unspecified atom stereocenters. The van der Waals surface area contributed by atoms with Crippen LogP contribution in [0.15, 0.2) is 54.7 Å². The maximum absolute atomic E-state index is 9.47. The van der Waals surface area contributed by atoms with Crippen LogP contribution in [0.5, 0.6) is 11.5 Å². The number of nitrogens with zero attached hydrogens (tertiary/aromatic N) is 3. The van der Waals surface area contributed by atoms with Crippen LogP contribution in [-0.2, 0) is 11.3 Å². The predicted molar refractivity (Wildman–Crippen MR) is 104 cm³/mol. The number of aliphatic hydroxyl groups is 1. The second-order valence-corrected chi connectivity index (χ2v) is 6.74. The third kappa shape index (κ3) is 3.91. The second kappa shape index (κ2) is 8.26. The predicted octanol–water partition coefficient (Wildman–Crippen LogP) is 4.41. The fourth-order valence-corrected chi connectivity index (χ4v) is 3.27. The van der Waals surface area contributed by atoms with Crippen molar-refractivity contribution in [1.82, 2.24) is 9.78 Å². The van der Waals surface area contributed by atoms with Crippen molar-refractivity contribution in [2.75, 3.05) is 6.61 Å². The molecule has 0 radical (unpaired) electrons. The molecule has 0 saturated carbocycles. The van der Waals surface area contributed by atoms with Crippen LogP contribution < -0.4 is 4.74 Å². The number of ether oxygens (including phenoxy) is 2. The maximum atomic E-state index is 9.47. The summed E-state index contributed by atoms with van der Waals surface area (Å²) < 4.78 is 13.8. The van der Waals surface area contributed by atoms with E-state index in [1.54, 1.807) is 24.3 Å². The van der Waals surface area contributed by atoms with Gasteiger partial charge in [-0.1, -0.05) is 18.2 Å². The van der Waals surface area contributed by atoms with E-state index in [9.17, 15) is 5.11 Å². The molecular weight excluding hydrogens is 354 g/mol. The first-order valence-corrected chi connectivity index (χ1v) is 9.36. The Balaban J connectivity index is 1.71. The number of hydrogen-bond donors (Lipinski definition) is 1. The Kier molecular flexibility index (Phi) is 5.38. The van der Waals surface area contributed by atoms with Crippen molar-refractivity contribution in [3.8, 4) is 28.8 Å². The van der Waals surface area contributed by atoms with E-state index in [0.717, 1.165) is 37.0 Å². The van der Waals surface area contributed by atoms with E-state index in [0.29, 0.717) is 22.8 Å². The summed E-state index contributed by atoms with van der Waals surface area (Å²) in [4.78, 5) is 0. The Bertz CT molecular complexity index is 983. The number of benzene rings is 2. The third-order valence-electron chi connectivity index (χ3n) is 4.74. The van der Waals surface area contributed by atoms with E-state index >= 15 is 0 Å². The SMILES string of the molecule is N#Cc1ccc(Oc2cn([C@H]3CCCCO3)nc2-c2cccc(CO)c2)cc1. The normalized spacial score (nSPS) is 16.5. The first-order valence-electron chi connectivity index (χ1n) is 9.36. The molecule has 28 heavy (non-hydrogen) atoms. The van der Waals surface area contributed by atoms with E-state index in [1.165, 1.54) is 0 Å². The smallest absolute Gasteiger partial charge is 0.173 e. The highest BCUT2D eigenvalue weighted by Crippen LogP contribution is 2.35. The molecule has 0 amide bonds. The van der Waals surface area contributed by atoms with Crippen molar-refractivity contribution in [2.45, 2.75) is 32.1 Å². The molecule has 1 N–H and O–H groups in total. The molecule has 6 nitrogen and oxygen atoms in total. The number of aromatic nitrogens is 2. The van der Waals surface area contributed by atoms with Gasteiger partial charge in [0.25, 0.3) is 0 Å². The van der Waals surface area contributed by atoms with Crippen LogP contribution in [0.25, 0.3) is 11.3 Å². The molecule has 1 aromatic heterocycles. The summed E-state index contributed by atoms with van der Waals surface area (Å²) in [6.07, 6.45) is 4.83. The van der Waals surface area contributed by atoms with Crippen LogP contribution >= 0.6 is 0 Å². The summed E-state index contributed by atoms with van der Waals surface area (Å²) >= 11 is 0. The van der Waals surface area contributed by atoms with Gasteiger partial charge >= 0.3 is 0 Å². The third-order valence-corrected chi connectivity index (χ3v) is 4.74. The van der Waals surface area contributed by atoms with Crippen LogP contribution in [0.4, 0.5) is 0 Å².